The lowest BCUT2D eigenvalue weighted by Gasteiger charge is -2.37. The Morgan fingerprint density at radius 2 is 0.565 bits per heavy atom. The molecule has 0 aliphatic rings. The Bertz CT molecular complexity index is 1880. The van der Waals surface area contributed by atoms with E-state index in [1.807, 2.05) is 72.8 Å². The monoisotopic (exact) mass is 602 g/mol. The molecule has 0 nitrogen and oxygen atoms in total. The van der Waals surface area contributed by atoms with E-state index in [2.05, 4.69) is 48.5 Å². The normalized spacial score (nSPS) is 11.4. The molecule has 7 aromatic rings. The van der Waals surface area contributed by atoms with Gasteiger partial charge >= 0.3 is 0 Å². The molecule has 222 valence electrons. The lowest BCUT2D eigenvalue weighted by molar-refractivity contribution is 0.628. The standard InChI is InChI=1S/C43H29F3/c44-40-12-4-7-33(27-40)30-15-21-37(22-16-30)43(36-10-2-1-3-11-36,38-23-17-31(18-24-38)34-8-5-13-41(45)28-34)39-25-19-32(20-26-39)35-9-6-14-42(46)29-35/h1-29H. The fourth-order valence-corrected chi connectivity index (χ4v) is 6.43. The molecule has 0 fully saturated rings. The molecule has 0 N–H and O–H groups in total. The van der Waals surface area contributed by atoms with Gasteiger partial charge in [-0.3, -0.25) is 0 Å². The van der Waals surface area contributed by atoms with Crippen molar-refractivity contribution in [2.75, 3.05) is 0 Å². The Morgan fingerprint density at radius 3 is 0.870 bits per heavy atom. The van der Waals surface area contributed by atoms with Gasteiger partial charge in [-0.05, 0) is 92.0 Å². The van der Waals surface area contributed by atoms with Gasteiger partial charge in [0.05, 0.1) is 5.41 Å². The van der Waals surface area contributed by atoms with Crippen LogP contribution in [0.1, 0.15) is 22.3 Å². The zero-order chi connectivity index (χ0) is 31.5. The fraction of sp³-hybridized carbons (Fsp3) is 0.0233. The second-order valence-corrected chi connectivity index (χ2v) is 11.4. The molecule has 0 saturated carbocycles. The van der Waals surface area contributed by atoms with Crippen LogP contribution in [0.2, 0.25) is 0 Å². The quantitative estimate of drug-likeness (QED) is 0.159. The molecule has 0 radical (unpaired) electrons. The van der Waals surface area contributed by atoms with Crippen LogP contribution < -0.4 is 0 Å². The van der Waals surface area contributed by atoms with Crippen LogP contribution >= 0.6 is 0 Å². The highest BCUT2D eigenvalue weighted by Crippen LogP contribution is 2.46. The molecule has 0 spiro atoms. The van der Waals surface area contributed by atoms with E-state index in [1.165, 1.54) is 36.4 Å². The zero-order valence-electron chi connectivity index (χ0n) is 24.9. The summed E-state index contributed by atoms with van der Waals surface area (Å²) in [5.41, 5.74) is 8.52. The van der Waals surface area contributed by atoms with Crippen molar-refractivity contribution in [1.29, 1.82) is 0 Å². The molecule has 0 atom stereocenters. The molecule has 0 saturated heterocycles. The van der Waals surface area contributed by atoms with Gasteiger partial charge in [0.25, 0.3) is 0 Å². The summed E-state index contributed by atoms with van der Waals surface area (Å²) in [4.78, 5) is 0. The van der Waals surface area contributed by atoms with Gasteiger partial charge < -0.3 is 0 Å². The predicted octanol–water partition coefficient (Wildman–Crippen LogP) is 11.5. The Labute approximate surface area is 267 Å². The molecule has 0 bridgehead atoms. The Balaban J connectivity index is 1.44. The molecular weight excluding hydrogens is 573 g/mol. The molecular formula is C43H29F3. The van der Waals surface area contributed by atoms with Crippen molar-refractivity contribution in [2.24, 2.45) is 0 Å². The molecule has 3 heteroatoms. The lowest BCUT2D eigenvalue weighted by Crippen LogP contribution is -2.31. The number of rotatable bonds is 7. The minimum atomic E-state index is -0.747. The van der Waals surface area contributed by atoms with Gasteiger partial charge in [0.1, 0.15) is 17.5 Å². The molecule has 0 aliphatic carbocycles. The summed E-state index contributed by atoms with van der Waals surface area (Å²) < 4.78 is 42.3. The van der Waals surface area contributed by atoms with Gasteiger partial charge in [0, 0.05) is 0 Å². The molecule has 0 amide bonds. The number of halogens is 3. The summed E-state index contributed by atoms with van der Waals surface area (Å²) in [6.45, 7) is 0. The van der Waals surface area contributed by atoms with Crippen LogP contribution in [0, 0.1) is 17.5 Å². The fourth-order valence-electron chi connectivity index (χ4n) is 6.43. The average Bonchev–Trinajstić information content (AvgIpc) is 3.10. The van der Waals surface area contributed by atoms with Crippen LogP contribution in [-0.4, -0.2) is 0 Å². The van der Waals surface area contributed by atoms with E-state index >= 15 is 0 Å². The van der Waals surface area contributed by atoms with Crippen LogP contribution in [0.15, 0.2) is 176 Å². The van der Waals surface area contributed by atoms with Crippen molar-refractivity contribution in [1.82, 2.24) is 0 Å². The van der Waals surface area contributed by atoms with E-state index in [0.717, 1.165) is 55.6 Å². The first-order chi connectivity index (χ1) is 22.5. The maximum Gasteiger partial charge on any atom is 0.123 e. The third-order valence-corrected chi connectivity index (χ3v) is 8.63. The van der Waals surface area contributed by atoms with Crippen LogP contribution in [0.4, 0.5) is 13.2 Å². The zero-order valence-corrected chi connectivity index (χ0v) is 24.9. The van der Waals surface area contributed by atoms with Gasteiger partial charge in [-0.25, -0.2) is 13.2 Å². The second-order valence-electron chi connectivity index (χ2n) is 11.4. The average molecular weight is 603 g/mol. The van der Waals surface area contributed by atoms with Crippen LogP contribution in [0.5, 0.6) is 0 Å². The Kier molecular flexibility index (Phi) is 7.82. The summed E-state index contributed by atoms with van der Waals surface area (Å²) in [5.74, 6) is -0.842. The molecule has 7 rings (SSSR count). The third kappa shape index (κ3) is 5.52. The van der Waals surface area contributed by atoms with Gasteiger partial charge in [0.15, 0.2) is 0 Å². The minimum absolute atomic E-state index is 0.281. The van der Waals surface area contributed by atoms with E-state index in [9.17, 15) is 13.2 Å². The molecule has 0 unspecified atom stereocenters. The predicted molar refractivity (Wildman–Crippen MR) is 181 cm³/mol. The molecule has 0 heterocycles. The van der Waals surface area contributed by atoms with E-state index in [0.29, 0.717) is 0 Å². The van der Waals surface area contributed by atoms with Gasteiger partial charge in [-0.1, -0.05) is 140 Å². The first-order valence-corrected chi connectivity index (χ1v) is 15.2. The van der Waals surface area contributed by atoms with Crippen LogP contribution in [0.25, 0.3) is 33.4 Å². The Morgan fingerprint density at radius 1 is 0.261 bits per heavy atom. The van der Waals surface area contributed by atoms with Gasteiger partial charge in [-0.15, -0.1) is 0 Å². The molecule has 0 aromatic heterocycles. The van der Waals surface area contributed by atoms with E-state index in [4.69, 9.17) is 0 Å². The summed E-state index contributed by atoms with van der Waals surface area (Å²) >= 11 is 0. The summed E-state index contributed by atoms with van der Waals surface area (Å²) in [5, 5.41) is 0. The van der Waals surface area contributed by atoms with Crippen molar-refractivity contribution >= 4 is 0 Å². The van der Waals surface area contributed by atoms with E-state index in [-0.39, 0.29) is 17.5 Å². The summed E-state index contributed by atoms with van der Waals surface area (Å²) in [6, 6.07) is 54.9. The van der Waals surface area contributed by atoms with Crippen LogP contribution in [0.3, 0.4) is 0 Å². The highest BCUT2D eigenvalue weighted by molar-refractivity contribution is 5.70. The molecule has 0 aliphatic heterocycles. The van der Waals surface area contributed by atoms with Crippen LogP contribution in [-0.2, 0) is 5.41 Å². The lowest BCUT2D eigenvalue weighted by atomic mass is 9.64. The van der Waals surface area contributed by atoms with Crippen molar-refractivity contribution in [3.05, 3.63) is 216 Å². The van der Waals surface area contributed by atoms with Crippen molar-refractivity contribution in [3.8, 4) is 33.4 Å². The maximum absolute atomic E-state index is 14.1. The van der Waals surface area contributed by atoms with Crippen molar-refractivity contribution < 1.29 is 13.2 Å². The highest BCUT2D eigenvalue weighted by atomic mass is 19.1. The largest absolute Gasteiger partial charge is 0.207 e. The first-order valence-electron chi connectivity index (χ1n) is 15.2. The summed E-state index contributed by atoms with van der Waals surface area (Å²) in [6.07, 6.45) is 0. The van der Waals surface area contributed by atoms with Crippen molar-refractivity contribution in [3.63, 3.8) is 0 Å². The topological polar surface area (TPSA) is 0 Å². The minimum Gasteiger partial charge on any atom is -0.207 e. The smallest absolute Gasteiger partial charge is 0.123 e. The second kappa shape index (κ2) is 12.4. The summed E-state index contributed by atoms with van der Waals surface area (Å²) in [7, 11) is 0. The van der Waals surface area contributed by atoms with E-state index < -0.39 is 5.41 Å². The maximum atomic E-state index is 14.1. The highest BCUT2D eigenvalue weighted by Gasteiger charge is 2.38. The van der Waals surface area contributed by atoms with Gasteiger partial charge in [-0.2, -0.15) is 0 Å². The SMILES string of the molecule is Fc1cccc(-c2ccc(C(c3ccccc3)(c3ccc(-c4cccc(F)c4)cc3)c3ccc(-c4cccc(F)c4)cc3)cc2)c1. The van der Waals surface area contributed by atoms with Crippen molar-refractivity contribution in [2.45, 2.75) is 5.41 Å². The van der Waals surface area contributed by atoms with Gasteiger partial charge in [0.2, 0.25) is 0 Å². The third-order valence-electron chi connectivity index (χ3n) is 8.63. The number of hydrogen-bond acceptors (Lipinski definition) is 0. The first kappa shape index (κ1) is 29.1. The van der Waals surface area contributed by atoms with E-state index in [1.54, 1.807) is 18.2 Å². The molecule has 7 aromatic carbocycles. The number of hydrogen-bond donors (Lipinski definition) is 0. The number of benzene rings is 7. The Hall–Kier alpha value is -5.67. The molecule has 46 heavy (non-hydrogen) atoms.